The Kier molecular flexibility index (Phi) is 8.45. The van der Waals surface area contributed by atoms with Crippen molar-refractivity contribution in [3.63, 3.8) is 0 Å². The van der Waals surface area contributed by atoms with Crippen molar-refractivity contribution in [3.8, 4) is 0 Å². The van der Waals surface area contributed by atoms with Crippen LogP contribution in [0.3, 0.4) is 0 Å². The van der Waals surface area contributed by atoms with Crippen molar-refractivity contribution in [2.75, 3.05) is 12.3 Å². The Balaban J connectivity index is 2.39. The highest BCUT2D eigenvalue weighted by atomic mass is 32.4. The normalized spacial score (nSPS) is 14.8. The van der Waals surface area contributed by atoms with Gasteiger partial charge in [0.1, 0.15) is 0 Å². The molecule has 0 radical (unpaired) electrons. The van der Waals surface area contributed by atoms with E-state index in [2.05, 4.69) is 0 Å². The van der Waals surface area contributed by atoms with Crippen LogP contribution in [0.25, 0.3) is 0 Å². The molecule has 0 aliphatic carbocycles. The molecule has 0 aliphatic rings. The largest absolute Gasteiger partial charge is 0.481 e. The summed E-state index contributed by atoms with van der Waals surface area (Å²) in [7, 11) is 0. The van der Waals surface area contributed by atoms with E-state index in [1.165, 1.54) is 5.56 Å². The van der Waals surface area contributed by atoms with Crippen LogP contribution < -0.4 is 0 Å². The first kappa shape index (κ1) is 19.8. The Morgan fingerprint density at radius 2 is 1.78 bits per heavy atom. The van der Waals surface area contributed by atoms with Crippen LogP contribution in [0.15, 0.2) is 30.3 Å². The van der Waals surface area contributed by atoms with Crippen LogP contribution in [0.4, 0.5) is 0 Å². The monoisotopic (exact) mass is 358 g/mol. The van der Waals surface area contributed by atoms with Crippen LogP contribution in [0.5, 0.6) is 0 Å². The van der Waals surface area contributed by atoms with Crippen LogP contribution >= 0.6 is 6.26 Å². The highest BCUT2D eigenvalue weighted by molar-refractivity contribution is 8.11. The number of hydrogen-bond acceptors (Lipinski definition) is 3. The van der Waals surface area contributed by atoms with Crippen molar-refractivity contribution in [1.82, 2.24) is 0 Å². The molecular weight excluding hydrogens is 335 g/mol. The highest BCUT2D eigenvalue weighted by Gasteiger charge is 2.25. The van der Waals surface area contributed by atoms with Crippen molar-refractivity contribution >= 4 is 30.0 Å². The van der Waals surface area contributed by atoms with Gasteiger partial charge >= 0.3 is 11.9 Å². The summed E-state index contributed by atoms with van der Waals surface area (Å²) >= 11 is 5.20. The smallest absolute Gasteiger partial charge is 0.306 e. The van der Waals surface area contributed by atoms with Gasteiger partial charge in [0, 0.05) is 12.6 Å². The second kappa shape index (κ2) is 9.81. The molecule has 3 N–H and O–H groups in total. The molecule has 0 bridgehead atoms. The van der Waals surface area contributed by atoms with Gasteiger partial charge in [-0.2, -0.15) is 0 Å². The third-order valence-corrected chi connectivity index (χ3v) is 6.65. The first-order chi connectivity index (χ1) is 10.8. The molecule has 7 heteroatoms. The van der Waals surface area contributed by atoms with Crippen molar-refractivity contribution < 1.29 is 24.7 Å². The van der Waals surface area contributed by atoms with Crippen LogP contribution in [-0.2, 0) is 27.8 Å². The standard InChI is InChI=1S/C16H23O5PS/c17-15(18)10-9-14(16(19)20)12-22(21,23)11-5-4-8-13-6-2-1-3-7-13/h1-3,6-7,14H,4-5,8-12H2,(H,17,18)(H,19,20)(H,21,23). The maximum atomic E-state index is 11.2. The summed E-state index contributed by atoms with van der Waals surface area (Å²) in [4.78, 5) is 32.0. The summed E-state index contributed by atoms with van der Waals surface area (Å²) < 4.78 is 0. The Labute approximate surface area is 141 Å². The molecule has 2 atom stereocenters. The zero-order valence-corrected chi connectivity index (χ0v) is 14.6. The number of hydrogen-bond donors (Lipinski definition) is 3. The van der Waals surface area contributed by atoms with Crippen molar-refractivity contribution in [2.24, 2.45) is 5.92 Å². The average molecular weight is 358 g/mol. The minimum atomic E-state index is -2.72. The van der Waals surface area contributed by atoms with Gasteiger partial charge in [-0.3, -0.25) is 9.59 Å². The molecule has 128 valence electrons. The molecule has 1 aromatic rings. The van der Waals surface area contributed by atoms with Gasteiger partial charge in [0.05, 0.1) is 12.2 Å². The molecular formula is C16H23O5PS. The van der Waals surface area contributed by atoms with Crippen LogP contribution in [0.1, 0.15) is 31.2 Å². The Morgan fingerprint density at radius 1 is 1.13 bits per heavy atom. The van der Waals surface area contributed by atoms with Crippen molar-refractivity contribution in [2.45, 2.75) is 32.1 Å². The van der Waals surface area contributed by atoms with Crippen LogP contribution in [0.2, 0.25) is 0 Å². The fraction of sp³-hybridized carbons (Fsp3) is 0.500. The Morgan fingerprint density at radius 3 is 2.35 bits per heavy atom. The van der Waals surface area contributed by atoms with Crippen molar-refractivity contribution in [3.05, 3.63) is 35.9 Å². The molecule has 0 spiro atoms. The summed E-state index contributed by atoms with van der Waals surface area (Å²) in [5.41, 5.74) is 1.23. The van der Waals surface area contributed by atoms with Gasteiger partial charge in [-0.15, -0.1) is 0 Å². The van der Waals surface area contributed by atoms with E-state index in [-0.39, 0.29) is 19.0 Å². The molecule has 5 nitrogen and oxygen atoms in total. The summed E-state index contributed by atoms with van der Waals surface area (Å²) in [5, 5.41) is 17.8. The predicted octanol–water partition coefficient (Wildman–Crippen LogP) is 2.96. The van der Waals surface area contributed by atoms with E-state index in [1.54, 1.807) is 0 Å². The first-order valence-electron chi connectivity index (χ1n) is 7.59. The van der Waals surface area contributed by atoms with E-state index >= 15 is 0 Å². The van der Waals surface area contributed by atoms with Crippen LogP contribution in [-0.4, -0.2) is 39.4 Å². The second-order valence-electron chi connectivity index (χ2n) is 5.66. The molecule has 0 saturated carbocycles. The molecule has 0 amide bonds. The predicted molar refractivity (Wildman–Crippen MR) is 93.6 cm³/mol. The molecule has 0 aromatic heterocycles. The molecule has 0 saturated heterocycles. The lowest BCUT2D eigenvalue weighted by molar-refractivity contribution is -0.142. The summed E-state index contributed by atoms with van der Waals surface area (Å²) in [5.74, 6) is -3.00. The SMILES string of the molecule is O=C(O)CCC(CP(O)(=S)CCCCc1ccccc1)C(=O)O. The van der Waals surface area contributed by atoms with E-state index in [1.807, 2.05) is 30.3 Å². The first-order valence-corrected chi connectivity index (χ1v) is 10.7. The highest BCUT2D eigenvalue weighted by Crippen LogP contribution is 2.44. The third-order valence-electron chi connectivity index (χ3n) is 3.63. The van der Waals surface area contributed by atoms with Crippen LogP contribution in [0, 0.1) is 5.92 Å². The van der Waals surface area contributed by atoms with Gasteiger partial charge in [-0.05, 0) is 37.4 Å². The number of carboxylic acid groups (broad SMARTS) is 2. The maximum Gasteiger partial charge on any atom is 0.306 e. The third kappa shape index (κ3) is 8.84. The lowest BCUT2D eigenvalue weighted by atomic mass is 10.1. The molecule has 0 fully saturated rings. The molecule has 1 aromatic carbocycles. The van der Waals surface area contributed by atoms with Gasteiger partial charge in [0.2, 0.25) is 0 Å². The minimum absolute atomic E-state index is 0.00757. The summed E-state index contributed by atoms with van der Waals surface area (Å²) in [6.07, 6.45) is 0.0373. The lowest BCUT2D eigenvalue weighted by Gasteiger charge is -2.19. The number of carboxylic acids is 2. The van der Waals surface area contributed by atoms with E-state index in [9.17, 15) is 14.5 Å². The lowest BCUT2D eigenvalue weighted by Crippen LogP contribution is -2.20. The van der Waals surface area contributed by atoms with Gasteiger partial charge in [-0.25, -0.2) is 0 Å². The summed E-state index contributed by atoms with van der Waals surface area (Å²) in [6.45, 7) is 0. The van der Waals surface area contributed by atoms with Crippen molar-refractivity contribution in [1.29, 1.82) is 0 Å². The van der Waals surface area contributed by atoms with Gasteiger partial charge in [0.15, 0.2) is 0 Å². The number of carbonyl (C=O) groups is 2. The Bertz CT molecular complexity index is 561. The zero-order valence-electron chi connectivity index (χ0n) is 12.9. The number of aryl methyl sites for hydroxylation is 1. The topological polar surface area (TPSA) is 94.8 Å². The van der Waals surface area contributed by atoms with E-state index in [4.69, 9.17) is 22.0 Å². The quantitative estimate of drug-likeness (QED) is 0.416. The number of benzene rings is 1. The number of rotatable bonds is 11. The second-order valence-corrected chi connectivity index (χ2v) is 10.2. The Hall–Kier alpha value is -1.23. The van der Waals surface area contributed by atoms with Gasteiger partial charge in [0.25, 0.3) is 0 Å². The van der Waals surface area contributed by atoms with Gasteiger partial charge < -0.3 is 15.1 Å². The summed E-state index contributed by atoms with van der Waals surface area (Å²) in [6, 6.07) is 10.0. The zero-order chi connectivity index (χ0) is 17.3. The average Bonchev–Trinajstić information content (AvgIpc) is 2.48. The van der Waals surface area contributed by atoms with E-state index < -0.39 is 24.1 Å². The molecule has 0 aliphatic heterocycles. The van der Waals surface area contributed by atoms with E-state index in [0.717, 1.165) is 19.3 Å². The minimum Gasteiger partial charge on any atom is -0.481 e. The fourth-order valence-electron chi connectivity index (χ4n) is 2.36. The number of aliphatic carboxylic acids is 2. The maximum absolute atomic E-state index is 11.2. The van der Waals surface area contributed by atoms with Gasteiger partial charge in [-0.1, -0.05) is 42.1 Å². The number of unbranched alkanes of at least 4 members (excludes halogenated alkanes) is 1. The van der Waals surface area contributed by atoms with E-state index in [0.29, 0.717) is 6.16 Å². The molecule has 1 rings (SSSR count). The molecule has 2 unspecified atom stereocenters. The fourth-order valence-corrected chi connectivity index (χ4v) is 5.21. The molecule has 0 heterocycles. The molecule has 23 heavy (non-hydrogen) atoms.